The molecule has 1 unspecified atom stereocenters. The fraction of sp³-hybridized carbons (Fsp3) is 0.368. The van der Waals surface area contributed by atoms with Crippen molar-refractivity contribution in [1.82, 2.24) is 5.32 Å². The van der Waals surface area contributed by atoms with E-state index in [1.54, 1.807) is 0 Å². The summed E-state index contributed by atoms with van der Waals surface area (Å²) in [4.78, 5) is 0. The van der Waals surface area contributed by atoms with E-state index in [1.807, 2.05) is 0 Å². The van der Waals surface area contributed by atoms with E-state index in [9.17, 15) is 4.39 Å². The second-order valence-electron chi connectivity index (χ2n) is 5.45. The molecule has 0 aromatic heterocycles. The third-order valence-corrected chi connectivity index (χ3v) is 3.90. The van der Waals surface area contributed by atoms with E-state index >= 15 is 0 Å². The summed E-state index contributed by atoms with van der Waals surface area (Å²) in [7, 11) is 0. The number of halogens is 1. The molecule has 0 amide bonds. The molecule has 0 bridgehead atoms. The smallest absolute Gasteiger partial charge is 0.231 e. The highest BCUT2D eigenvalue weighted by molar-refractivity contribution is 5.46. The number of ether oxygens (including phenoxy) is 3. The summed E-state index contributed by atoms with van der Waals surface area (Å²) in [5, 5.41) is 2.65. The molecular formula is C19H20FNO3. The predicted octanol–water partition coefficient (Wildman–Crippen LogP) is 3.33. The summed E-state index contributed by atoms with van der Waals surface area (Å²) in [6.07, 6.45) is 0.131. The number of hydrogen-bond acceptors (Lipinski definition) is 4. The molecule has 2 atom stereocenters. The van der Waals surface area contributed by atoms with Gasteiger partial charge in [0.2, 0.25) is 6.75 Å². The van der Waals surface area contributed by atoms with Gasteiger partial charge in [0.05, 0.1) is 6.61 Å². The Balaban J connectivity index is 1.63. The first-order valence-electron chi connectivity index (χ1n) is 10.6. The van der Waals surface area contributed by atoms with Crippen LogP contribution in [0.1, 0.15) is 26.1 Å². The molecule has 24 heavy (non-hydrogen) atoms. The average Bonchev–Trinajstić information content (AvgIpc) is 2.98. The summed E-state index contributed by atoms with van der Waals surface area (Å²) in [5.74, 6) is -3.73. The Morgan fingerprint density at radius 1 is 1.21 bits per heavy atom. The summed E-state index contributed by atoms with van der Waals surface area (Å²) >= 11 is 0. The molecule has 0 spiro atoms. The third kappa shape index (κ3) is 3.17. The quantitative estimate of drug-likeness (QED) is 0.930. The van der Waals surface area contributed by atoms with E-state index in [4.69, 9.17) is 22.4 Å². The fourth-order valence-corrected chi connectivity index (χ4v) is 2.68. The van der Waals surface area contributed by atoms with Crippen LogP contribution in [0.5, 0.6) is 17.2 Å². The van der Waals surface area contributed by atoms with Gasteiger partial charge in [-0.15, -0.1) is 0 Å². The van der Waals surface area contributed by atoms with Crippen LogP contribution in [-0.2, 0) is 0 Å². The second kappa shape index (κ2) is 6.69. The zero-order valence-corrected chi connectivity index (χ0v) is 12.8. The lowest BCUT2D eigenvalue weighted by atomic mass is 9.81. The molecule has 2 aliphatic heterocycles. The Morgan fingerprint density at radius 2 is 2.04 bits per heavy atom. The van der Waals surface area contributed by atoms with Crippen molar-refractivity contribution in [1.29, 1.82) is 0 Å². The van der Waals surface area contributed by atoms with Gasteiger partial charge in [-0.3, -0.25) is 0 Å². The molecule has 2 aromatic carbocycles. The Kier molecular flexibility index (Phi) is 2.76. The van der Waals surface area contributed by atoms with Gasteiger partial charge in [0.1, 0.15) is 14.3 Å². The van der Waals surface area contributed by atoms with Crippen LogP contribution in [0.25, 0.3) is 0 Å². The highest BCUT2D eigenvalue weighted by Gasteiger charge is 2.27. The van der Waals surface area contributed by atoms with E-state index in [2.05, 4.69) is 5.32 Å². The van der Waals surface area contributed by atoms with Crippen molar-refractivity contribution in [3.63, 3.8) is 0 Å². The molecule has 4 rings (SSSR count). The zero-order valence-electron chi connectivity index (χ0n) is 18.8. The molecule has 1 N–H and O–H groups in total. The van der Waals surface area contributed by atoms with Crippen LogP contribution in [0, 0.1) is 11.7 Å². The topological polar surface area (TPSA) is 39.7 Å². The number of hydrogen-bond donors (Lipinski definition) is 1. The van der Waals surface area contributed by atoms with Crippen LogP contribution < -0.4 is 19.5 Å². The summed E-state index contributed by atoms with van der Waals surface area (Å²) in [6.45, 7) is -4.87. The molecule has 4 nitrogen and oxygen atoms in total. The van der Waals surface area contributed by atoms with Crippen LogP contribution in [0.4, 0.5) is 4.39 Å². The van der Waals surface area contributed by atoms with Gasteiger partial charge in [0.25, 0.3) is 0 Å². The maximum absolute atomic E-state index is 13.4. The van der Waals surface area contributed by atoms with Crippen LogP contribution >= 0.6 is 0 Å². The number of piperidine rings is 1. The predicted molar refractivity (Wildman–Crippen MR) is 88.2 cm³/mol. The maximum atomic E-state index is 13.4. The van der Waals surface area contributed by atoms with Crippen molar-refractivity contribution >= 4 is 0 Å². The van der Waals surface area contributed by atoms with E-state index < -0.39 is 37.5 Å². The molecule has 2 heterocycles. The van der Waals surface area contributed by atoms with Crippen LogP contribution in [-0.4, -0.2) is 26.4 Å². The van der Waals surface area contributed by atoms with Gasteiger partial charge in [-0.1, -0.05) is 12.1 Å². The molecule has 0 radical (unpaired) electrons. The highest BCUT2D eigenvalue weighted by atomic mass is 19.1. The van der Waals surface area contributed by atoms with Crippen LogP contribution in [0.3, 0.4) is 0 Å². The Bertz CT molecular complexity index is 960. The molecule has 0 saturated carbocycles. The van der Waals surface area contributed by atoms with Crippen molar-refractivity contribution in [3.05, 3.63) is 53.8 Å². The van der Waals surface area contributed by atoms with E-state index in [1.165, 1.54) is 42.5 Å². The molecule has 1 fully saturated rings. The lowest BCUT2D eigenvalue weighted by molar-refractivity contribution is 0.173. The van der Waals surface area contributed by atoms with Crippen LogP contribution in [0.15, 0.2) is 42.5 Å². The zero-order chi connectivity index (χ0) is 21.8. The first-order chi connectivity index (χ1) is 14.0. The summed E-state index contributed by atoms with van der Waals surface area (Å²) < 4.78 is 78.8. The normalized spacial score (nSPS) is 36.4. The van der Waals surface area contributed by atoms with Gasteiger partial charge in [-0.05, 0) is 48.7 Å². The SMILES string of the molecule is [2H]C1([2H])Oc2ccc(OC[C@@]3([2H])C([2H])([2H])NCCC3([2H])c3ccc(F)cc3)cc2O1. The number of benzene rings is 2. The highest BCUT2D eigenvalue weighted by Crippen LogP contribution is 2.36. The van der Waals surface area contributed by atoms with E-state index in [0.29, 0.717) is 5.56 Å². The van der Waals surface area contributed by atoms with Gasteiger partial charge >= 0.3 is 0 Å². The van der Waals surface area contributed by atoms with Crippen molar-refractivity contribution in [3.8, 4) is 17.2 Å². The standard InChI is InChI=1S/C19H20FNO3/c20-15-3-1-13(2-4-15)17-7-8-21-10-14(17)11-22-16-5-6-18-19(9-16)24-12-23-18/h1-6,9,14,17,21H,7-8,10-12H2/t14-,17?/m1/s1/i10D2,12D2,14D,17D. The maximum Gasteiger partial charge on any atom is 0.231 e. The Labute approximate surface area is 149 Å². The number of rotatable bonds is 4. The first kappa shape index (κ1) is 9.89. The first-order valence-corrected chi connectivity index (χ1v) is 7.62. The number of nitrogens with one attached hydrogen (secondary N) is 1. The van der Waals surface area contributed by atoms with Crippen molar-refractivity contribution in [2.24, 2.45) is 5.89 Å². The van der Waals surface area contributed by atoms with Crippen molar-refractivity contribution in [2.75, 3.05) is 26.4 Å². The third-order valence-electron chi connectivity index (χ3n) is 3.90. The molecule has 5 heteroatoms. The molecule has 126 valence electrons. The van der Waals surface area contributed by atoms with Crippen molar-refractivity contribution in [2.45, 2.75) is 12.3 Å². The molecule has 2 aromatic rings. The largest absolute Gasteiger partial charge is 0.493 e. The molecule has 2 aliphatic rings. The molecular weight excluding hydrogens is 309 g/mol. The van der Waals surface area contributed by atoms with E-state index in [0.717, 1.165) is 0 Å². The average molecular weight is 335 g/mol. The minimum Gasteiger partial charge on any atom is -0.493 e. The van der Waals surface area contributed by atoms with Gasteiger partial charge in [-0.2, -0.15) is 0 Å². The molecule has 1 saturated heterocycles. The molecule has 0 aliphatic carbocycles. The lowest BCUT2D eigenvalue weighted by Gasteiger charge is -2.32. The monoisotopic (exact) mass is 335 g/mol. The van der Waals surface area contributed by atoms with Gasteiger partial charge in [0.15, 0.2) is 11.5 Å². The van der Waals surface area contributed by atoms with Crippen LogP contribution in [0.2, 0.25) is 0 Å². The summed E-state index contributed by atoms with van der Waals surface area (Å²) in [5.41, 5.74) is 0.326. The second-order valence-corrected chi connectivity index (χ2v) is 5.45. The van der Waals surface area contributed by atoms with Gasteiger partial charge < -0.3 is 19.5 Å². The fourth-order valence-electron chi connectivity index (χ4n) is 2.68. The minimum absolute atomic E-state index is 0.122. The van der Waals surface area contributed by atoms with E-state index in [-0.39, 0.29) is 30.2 Å². The van der Waals surface area contributed by atoms with Gasteiger partial charge in [-0.25, -0.2) is 4.39 Å². The Morgan fingerprint density at radius 3 is 2.92 bits per heavy atom. The Hall–Kier alpha value is -2.27. The number of fused-ring (bicyclic) bond motifs is 1. The lowest BCUT2D eigenvalue weighted by Crippen LogP contribution is -2.38. The minimum atomic E-state index is -2.29. The summed E-state index contributed by atoms with van der Waals surface area (Å²) in [6, 6.07) is 9.51. The van der Waals surface area contributed by atoms with Crippen molar-refractivity contribution < 1.29 is 26.8 Å². The van der Waals surface area contributed by atoms with Gasteiger partial charge in [0, 0.05) is 23.9 Å².